The minimum absolute atomic E-state index is 0.117. The molecule has 6 heterocycles. The molecule has 3 fully saturated rings. The van der Waals surface area contributed by atoms with Gasteiger partial charge in [-0.1, -0.05) is 11.6 Å². The lowest BCUT2D eigenvalue weighted by atomic mass is 10.1. The summed E-state index contributed by atoms with van der Waals surface area (Å²) in [5.41, 5.74) is 2.72. The van der Waals surface area contributed by atoms with Crippen LogP contribution in [0.4, 0.5) is 55.8 Å². The van der Waals surface area contributed by atoms with Gasteiger partial charge in [0.1, 0.15) is 46.1 Å². The number of pyridine rings is 3. The first kappa shape index (κ1) is 48.1. The van der Waals surface area contributed by atoms with E-state index in [1.165, 1.54) is 12.1 Å². The van der Waals surface area contributed by atoms with Gasteiger partial charge in [0.25, 0.3) is 0 Å². The van der Waals surface area contributed by atoms with Gasteiger partial charge in [0.05, 0.1) is 69.5 Å². The SMILES string of the molecule is Cc1c(N2CCN(C(=O)OC(C)(C)C)CC2)nc2cc(F)cc(F)c2c1Cl.Cc1c(N2CCN(C(=O)OC(C)(C)C)CC2)nc2cc(F)cc(F)c2c1Nc1cncc(N2CCOCC2)c1. The Bertz CT molecular complexity index is 2610. The average molecular weight is 938 g/mol. The molecule has 0 unspecified atom stereocenters. The maximum atomic E-state index is 15.2. The lowest BCUT2D eigenvalue weighted by Crippen LogP contribution is -2.50. The Kier molecular flexibility index (Phi) is 14.2. The number of carbonyl (C=O) groups is 2. The number of amides is 2. The number of hydrogen-bond acceptors (Lipinski definition) is 12. The Balaban J connectivity index is 0.000000210. The fraction of sp³-hybridized carbons (Fsp3) is 0.468. The molecular weight excluding hydrogens is 882 g/mol. The highest BCUT2D eigenvalue weighted by Gasteiger charge is 2.30. The third-order valence-corrected chi connectivity index (χ3v) is 11.7. The monoisotopic (exact) mass is 937 g/mol. The van der Waals surface area contributed by atoms with Crippen molar-refractivity contribution in [2.24, 2.45) is 0 Å². The highest BCUT2D eigenvalue weighted by molar-refractivity contribution is 6.36. The van der Waals surface area contributed by atoms with Crippen LogP contribution in [-0.2, 0) is 14.2 Å². The van der Waals surface area contributed by atoms with Crippen molar-refractivity contribution in [1.29, 1.82) is 0 Å². The summed E-state index contributed by atoms with van der Waals surface area (Å²) in [6.45, 7) is 21.3. The molecule has 66 heavy (non-hydrogen) atoms. The van der Waals surface area contributed by atoms with Crippen molar-refractivity contribution in [3.63, 3.8) is 0 Å². The molecule has 2 aromatic carbocycles. The van der Waals surface area contributed by atoms with Crippen LogP contribution in [0, 0.1) is 37.1 Å². The van der Waals surface area contributed by atoms with Crippen LogP contribution in [0.1, 0.15) is 52.7 Å². The van der Waals surface area contributed by atoms with E-state index in [4.69, 9.17) is 25.8 Å². The number of aromatic nitrogens is 3. The van der Waals surface area contributed by atoms with Crippen LogP contribution >= 0.6 is 11.6 Å². The van der Waals surface area contributed by atoms with Crippen LogP contribution in [0.25, 0.3) is 21.8 Å². The van der Waals surface area contributed by atoms with Crippen molar-refractivity contribution < 1.29 is 41.4 Å². The van der Waals surface area contributed by atoms with Crippen LogP contribution in [-0.4, -0.2) is 127 Å². The summed E-state index contributed by atoms with van der Waals surface area (Å²) in [6.07, 6.45) is 2.76. The van der Waals surface area contributed by atoms with E-state index in [2.05, 4.69) is 25.2 Å². The molecular formula is C47H56ClF4N9O5. The summed E-state index contributed by atoms with van der Waals surface area (Å²) in [5, 5.41) is 3.90. The zero-order valence-corrected chi connectivity index (χ0v) is 39.3. The third-order valence-electron chi connectivity index (χ3n) is 11.2. The van der Waals surface area contributed by atoms with Crippen molar-refractivity contribution in [1.82, 2.24) is 24.8 Å². The maximum absolute atomic E-state index is 15.2. The number of anilines is 5. The molecule has 2 amide bonds. The quantitative estimate of drug-likeness (QED) is 0.169. The number of nitrogens with zero attached hydrogens (tertiary/aromatic N) is 8. The number of ether oxygens (including phenoxy) is 3. The highest BCUT2D eigenvalue weighted by Crippen LogP contribution is 2.38. The number of halogens is 5. The van der Waals surface area contributed by atoms with Gasteiger partial charge < -0.3 is 44.0 Å². The van der Waals surface area contributed by atoms with Gasteiger partial charge in [-0.05, 0) is 61.5 Å². The van der Waals surface area contributed by atoms with Gasteiger partial charge in [-0.3, -0.25) is 4.98 Å². The Hall–Kier alpha value is -5.88. The molecule has 0 bridgehead atoms. The van der Waals surface area contributed by atoms with E-state index in [1.807, 2.05) is 64.3 Å². The summed E-state index contributed by atoms with van der Waals surface area (Å²) in [4.78, 5) is 47.7. The van der Waals surface area contributed by atoms with Crippen molar-refractivity contribution >= 4 is 74.3 Å². The van der Waals surface area contributed by atoms with Crippen molar-refractivity contribution in [3.8, 4) is 0 Å². The number of morpholine rings is 1. The summed E-state index contributed by atoms with van der Waals surface area (Å²) >= 11 is 6.35. The molecule has 0 atom stereocenters. The van der Waals surface area contributed by atoms with Gasteiger partial charge in [-0.2, -0.15) is 0 Å². The standard InChI is InChI=1S/C28H34F2N6O3.C19H22ClF2N3O2/c1-18-25(32-20-15-21(17-31-16-20)34-9-11-38-12-10-34)24-22(30)13-19(29)14-23(24)33-26(18)35-5-7-36(8-6-35)27(37)39-28(2,3)4;1-11-16(20)15-13(22)9-12(21)10-14(15)23-17(11)24-5-7-25(8-6-24)18(26)27-19(2,3)4/h13-17H,5-12H2,1-4H3,(H,32,33);9-10H,5-8H2,1-4H3. The van der Waals surface area contributed by atoms with E-state index in [9.17, 15) is 22.8 Å². The van der Waals surface area contributed by atoms with Crippen LogP contribution < -0.4 is 20.0 Å². The van der Waals surface area contributed by atoms with Crippen molar-refractivity contribution in [3.05, 3.63) is 82.1 Å². The van der Waals surface area contributed by atoms with Crippen molar-refractivity contribution in [2.45, 2.75) is 66.6 Å². The molecule has 0 aliphatic carbocycles. The molecule has 5 aromatic rings. The number of benzene rings is 2. The molecule has 3 aliphatic rings. The second kappa shape index (κ2) is 19.5. The second-order valence-corrected chi connectivity index (χ2v) is 18.8. The van der Waals surface area contributed by atoms with E-state index >= 15 is 4.39 Å². The summed E-state index contributed by atoms with van der Waals surface area (Å²) < 4.78 is 73.5. The van der Waals surface area contributed by atoms with E-state index in [1.54, 1.807) is 29.1 Å². The minimum Gasteiger partial charge on any atom is -0.444 e. The van der Waals surface area contributed by atoms with Crippen LogP contribution in [0.2, 0.25) is 5.02 Å². The molecule has 1 N–H and O–H groups in total. The van der Waals surface area contributed by atoms with Crippen molar-refractivity contribution in [2.75, 3.05) is 98.7 Å². The Labute approximate surface area is 386 Å². The fourth-order valence-electron chi connectivity index (χ4n) is 8.00. The van der Waals surface area contributed by atoms with Gasteiger partial charge in [-0.15, -0.1) is 0 Å². The first-order chi connectivity index (χ1) is 31.2. The predicted octanol–water partition coefficient (Wildman–Crippen LogP) is 9.39. The normalized spacial score (nSPS) is 16.0. The lowest BCUT2D eigenvalue weighted by Gasteiger charge is -2.37. The first-order valence-electron chi connectivity index (χ1n) is 21.9. The molecule has 19 heteroatoms. The lowest BCUT2D eigenvalue weighted by molar-refractivity contribution is 0.0230. The predicted molar refractivity (Wildman–Crippen MR) is 248 cm³/mol. The fourth-order valence-corrected chi connectivity index (χ4v) is 8.28. The van der Waals surface area contributed by atoms with Gasteiger partial charge in [0, 0.05) is 101 Å². The Morgan fingerprint density at radius 3 is 1.61 bits per heavy atom. The highest BCUT2D eigenvalue weighted by atomic mass is 35.5. The zero-order valence-electron chi connectivity index (χ0n) is 38.5. The van der Waals surface area contributed by atoms with Crippen LogP contribution in [0.5, 0.6) is 0 Å². The van der Waals surface area contributed by atoms with Gasteiger partial charge in [0.15, 0.2) is 0 Å². The number of rotatable bonds is 5. The molecule has 3 aliphatic heterocycles. The molecule has 3 saturated heterocycles. The Morgan fingerprint density at radius 1 is 0.636 bits per heavy atom. The minimum atomic E-state index is -0.730. The molecule has 0 spiro atoms. The number of hydrogen-bond donors (Lipinski definition) is 1. The zero-order chi connectivity index (χ0) is 47.7. The molecule has 354 valence electrons. The number of fused-ring (bicyclic) bond motifs is 2. The maximum Gasteiger partial charge on any atom is 0.410 e. The Morgan fingerprint density at radius 2 is 1.11 bits per heavy atom. The van der Waals surface area contributed by atoms with E-state index in [-0.39, 0.29) is 39.0 Å². The van der Waals surface area contributed by atoms with E-state index in [0.717, 1.165) is 36.5 Å². The van der Waals surface area contributed by atoms with E-state index in [0.29, 0.717) is 94.1 Å². The van der Waals surface area contributed by atoms with Gasteiger partial charge in [0.2, 0.25) is 0 Å². The molecule has 14 nitrogen and oxygen atoms in total. The molecule has 0 saturated carbocycles. The molecule has 3 aromatic heterocycles. The van der Waals surface area contributed by atoms with Crippen LogP contribution in [0.3, 0.4) is 0 Å². The second-order valence-electron chi connectivity index (χ2n) is 18.4. The molecule has 8 rings (SSSR count). The van der Waals surface area contributed by atoms with Crippen LogP contribution in [0.15, 0.2) is 42.7 Å². The largest absolute Gasteiger partial charge is 0.444 e. The number of carbonyl (C=O) groups excluding carboxylic acids is 2. The number of nitrogens with one attached hydrogen (secondary N) is 1. The van der Waals surface area contributed by atoms with Gasteiger partial charge in [-0.25, -0.2) is 37.1 Å². The third kappa shape index (κ3) is 11.2. The van der Waals surface area contributed by atoms with Gasteiger partial charge >= 0.3 is 12.2 Å². The summed E-state index contributed by atoms with van der Waals surface area (Å²) in [6, 6.07) is 6.05. The summed E-state index contributed by atoms with van der Waals surface area (Å²) in [5.74, 6) is -1.64. The van der Waals surface area contributed by atoms with E-state index < -0.39 is 34.5 Å². The first-order valence-corrected chi connectivity index (χ1v) is 22.3. The smallest absolute Gasteiger partial charge is 0.410 e. The summed E-state index contributed by atoms with van der Waals surface area (Å²) in [7, 11) is 0. The number of piperazine rings is 2. The molecule has 0 radical (unpaired) electrons. The topological polar surface area (TPSA) is 129 Å². The average Bonchev–Trinajstić information content (AvgIpc) is 3.25.